The van der Waals surface area contributed by atoms with Crippen molar-refractivity contribution >= 4 is 29.3 Å². The number of piperidine rings is 1. The first kappa shape index (κ1) is 21.3. The summed E-state index contributed by atoms with van der Waals surface area (Å²) in [6.07, 6.45) is 3.42. The summed E-state index contributed by atoms with van der Waals surface area (Å²) in [5, 5.41) is 11.8. The molecule has 6 nitrogen and oxygen atoms in total. The van der Waals surface area contributed by atoms with E-state index in [0.717, 1.165) is 55.3 Å². The van der Waals surface area contributed by atoms with Crippen LogP contribution in [0.15, 0.2) is 47.6 Å². The fourth-order valence-corrected chi connectivity index (χ4v) is 4.23. The fraction of sp³-hybridized carbons (Fsp3) is 0.318. The van der Waals surface area contributed by atoms with Crippen LogP contribution in [0.1, 0.15) is 24.8 Å². The second-order valence-electron chi connectivity index (χ2n) is 7.46. The number of benzene rings is 2. The molecule has 0 atom stereocenters. The van der Waals surface area contributed by atoms with Gasteiger partial charge in [0.15, 0.2) is 5.16 Å². The minimum Gasteiger partial charge on any atom is -0.341 e. The highest BCUT2D eigenvalue weighted by Gasteiger charge is 2.22. The van der Waals surface area contributed by atoms with Crippen molar-refractivity contribution in [2.75, 3.05) is 29.1 Å². The summed E-state index contributed by atoms with van der Waals surface area (Å²) in [4.78, 5) is 14.6. The Kier molecular flexibility index (Phi) is 6.50. The van der Waals surface area contributed by atoms with Gasteiger partial charge in [-0.1, -0.05) is 29.5 Å². The number of carbonyl (C=O) groups is 1. The van der Waals surface area contributed by atoms with Crippen LogP contribution in [0.5, 0.6) is 0 Å². The average Bonchev–Trinajstić information content (AvgIpc) is 3.19. The Hall–Kier alpha value is -2.94. The first-order valence-electron chi connectivity index (χ1n) is 10.2. The van der Waals surface area contributed by atoms with Gasteiger partial charge in [0.1, 0.15) is 11.6 Å². The van der Waals surface area contributed by atoms with E-state index in [4.69, 9.17) is 0 Å². The Morgan fingerprint density at radius 3 is 2.52 bits per heavy atom. The summed E-state index contributed by atoms with van der Waals surface area (Å²) in [5.74, 6) is -1.14. The lowest BCUT2D eigenvalue weighted by atomic mass is 10.1. The third kappa shape index (κ3) is 5.04. The second-order valence-corrected chi connectivity index (χ2v) is 8.40. The van der Waals surface area contributed by atoms with Crippen LogP contribution < -0.4 is 10.2 Å². The molecule has 0 saturated carbocycles. The SMILES string of the molecule is Cc1ccc(-n2c(SCC(=O)Nc3ccc(F)cc3F)nnc2N2CCCCC2)cc1. The maximum Gasteiger partial charge on any atom is 0.234 e. The van der Waals surface area contributed by atoms with Crippen molar-refractivity contribution in [2.24, 2.45) is 0 Å². The summed E-state index contributed by atoms with van der Waals surface area (Å²) >= 11 is 1.22. The van der Waals surface area contributed by atoms with E-state index < -0.39 is 17.5 Å². The monoisotopic (exact) mass is 443 g/mol. The van der Waals surface area contributed by atoms with Gasteiger partial charge in [-0.3, -0.25) is 9.36 Å². The maximum absolute atomic E-state index is 13.8. The highest BCUT2D eigenvalue weighted by Crippen LogP contribution is 2.28. The number of hydrogen-bond donors (Lipinski definition) is 1. The molecule has 9 heteroatoms. The number of anilines is 2. The van der Waals surface area contributed by atoms with Crippen molar-refractivity contribution in [3.05, 3.63) is 59.7 Å². The largest absolute Gasteiger partial charge is 0.341 e. The molecule has 1 fully saturated rings. The molecule has 1 amide bonds. The Morgan fingerprint density at radius 2 is 1.81 bits per heavy atom. The third-order valence-electron chi connectivity index (χ3n) is 5.08. The number of nitrogens with one attached hydrogen (secondary N) is 1. The predicted octanol–water partition coefficient (Wildman–Crippen LogP) is 4.58. The maximum atomic E-state index is 13.8. The predicted molar refractivity (Wildman–Crippen MR) is 118 cm³/mol. The van der Waals surface area contributed by atoms with Gasteiger partial charge in [-0.05, 0) is 50.5 Å². The summed E-state index contributed by atoms with van der Waals surface area (Å²) in [6.45, 7) is 3.86. The summed E-state index contributed by atoms with van der Waals surface area (Å²) in [7, 11) is 0. The van der Waals surface area contributed by atoms with Gasteiger partial charge in [0.25, 0.3) is 0 Å². The minimum atomic E-state index is -0.812. The zero-order chi connectivity index (χ0) is 21.8. The molecule has 0 bridgehead atoms. The smallest absolute Gasteiger partial charge is 0.234 e. The highest BCUT2D eigenvalue weighted by molar-refractivity contribution is 7.99. The van der Waals surface area contributed by atoms with Gasteiger partial charge in [-0.2, -0.15) is 0 Å². The van der Waals surface area contributed by atoms with E-state index in [1.807, 2.05) is 35.8 Å². The van der Waals surface area contributed by atoms with Crippen molar-refractivity contribution < 1.29 is 13.6 Å². The molecule has 31 heavy (non-hydrogen) atoms. The topological polar surface area (TPSA) is 63.1 Å². The zero-order valence-corrected chi connectivity index (χ0v) is 18.0. The number of aryl methyl sites for hydroxylation is 1. The van der Waals surface area contributed by atoms with Gasteiger partial charge in [0, 0.05) is 19.2 Å². The molecule has 0 radical (unpaired) electrons. The Morgan fingerprint density at radius 1 is 1.06 bits per heavy atom. The Balaban J connectivity index is 1.54. The van der Waals surface area contributed by atoms with Crippen LogP contribution in [0, 0.1) is 18.6 Å². The van der Waals surface area contributed by atoms with Crippen LogP contribution in [0.4, 0.5) is 20.4 Å². The molecular weight excluding hydrogens is 420 g/mol. The molecule has 1 aromatic heterocycles. The number of thioether (sulfide) groups is 1. The molecule has 1 aliphatic heterocycles. The van der Waals surface area contributed by atoms with Crippen molar-refractivity contribution in [1.82, 2.24) is 14.8 Å². The molecule has 1 N–H and O–H groups in total. The van der Waals surface area contributed by atoms with E-state index in [2.05, 4.69) is 20.4 Å². The number of halogens is 2. The molecular formula is C22H23F2N5OS. The van der Waals surface area contributed by atoms with Crippen molar-refractivity contribution in [3.8, 4) is 5.69 Å². The average molecular weight is 444 g/mol. The summed E-state index contributed by atoms with van der Waals surface area (Å²) in [6, 6.07) is 11.1. The third-order valence-corrected chi connectivity index (χ3v) is 6.01. The van der Waals surface area contributed by atoms with E-state index in [1.165, 1.54) is 24.2 Å². The van der Waals surface area contributed by atoms with Gasteiger partial charge in [0.05, 0.1) is 17.1 Å². The Labute approximate surface area is 183 Å². The van der Waals surface area contributed by atoms with Crippen LogP contribution in [0.25, 0.3) is 5.69 Å². The van der Waals surface area contributed by atoms with Gasteiger partial charge in [-0.15, -0.1) is 10.2 Å². The van der Waals surface area contributed by atoms with E-state index in [9.17, 15) is 13.6 Å². The molecule has 1 saturated heterocycles. The summed E-state index contributed by atoms with van der Waals surface area (Å²) in [5.41, 5.74) is 2.01. The number of amides is 1. The van der Waals surface area contributed by atoms with Crippen LogP contribution in [0.3, 0.4) is 0 Å². The van der Waals surface area contributed by atoms with Crippen LogP contribution in [-0.2, 0) is 4.79 Å². The molecule has 0 spiro atoms. The van der Waals surface area contributed by atoms with Gasteiger partial charge in [-0.25, -0.2) is 8.78 Å². The number of nitrogens with zero attached hydrogens (tertiary/aromatic N) is 4. The molecule has 0 unspecified atom stereocenters. The summed E-state index contributed by atoms with van der Waals surface area (Å²) < 4.78 is 28.8. The molecule has 1 aliphatic rings. The van der Waals surface area contributed by atoms with Crippen molar-refractivity contribution in [2.45, 2.75) is 31.3 Å². The fourth-order valence-electron chi connectivity index (χ4n) is 3.48. The van der Waals surface area contributed by atoms with Gasteiger partial charge >= 0.3 is 0 Å². The number of rotatable bonds is 6. The highest BCUT2D eigenvalue weighted by atomic mass is 32.2. The quantitative estimate of drug-likeness (QED) is 0.566. The molecule has 2 heterocycles. The first-order chi connectivity index (χ1) is 15.0. The lowest BCUT2D eigenvalue weighted by Gasteiger charge is -2.27. The van der Waals surface area contributed by atoms with E-state index >= 15 is 0 Å². The van der Waals surface area contributed by atoms with Gasteiger partial charge in [0.2, 0.25) is 11.9 Å². The molecule has 162 valence electrons. The number of carbonyl (C=O) groups excluding carboxylic acids is 1. The first-order valence-corrected chi connectivity index (χ1v) is 11.1. The standard InChI is InChI=1S/C22H23F2N5OS/c1-15-5-8-17(9-6-15)29-21(28-11-3-2-4-12-28)26-27-22(29)31-14-20(30)25-19-10-7-16(23)13-18(19)24/h5-10,13H,2-4,11-12,14H2,1H3,(H,25,30). The number of aromatic nitrogens is 3. The minimum absolute atomic E-state index is 0.0147. The zero-order valence-electron chi connectivity index (χ0n) is 17.1. The number of hydrogen-bond acceptors (Lipinski definition) is 5. The molecule has 3 aromatic rings. The van der Waals surface area contributed by atoms with E-state index in [0.29, 0.717) is 5.16 Å². The lowest BCUT2D eigenvalue weighted by molar-refractivity contribution is -0.113. The van der Waals surface area contributed by atoms with Crippen LogP contribution in [0.2, 0.25) is 0 Å². The van der Waals surface area contributed by atoms with E-state index in [1.54, 1.807) is 0 Å². The molecule has 4 rings (SSSR count). The van der Waals surface area contributed by atoms with Gasteiger partial charge < -0.3 is 10.2 Å². The van der Waals surface area contributed by atoms with Crippen LogP contribution >= 0.6 is 11.8 Å². The van der Waals surface area contributed by atoms with E-state index in [-0.39, 0.29) is 11.4 Å². The van der Waals surface area contributed by atoms with Crippen molar-refractivity contribution in [3.63, 3.8) is 0 Å². The van der Waals surface area contributed by atoms with Crippen LogP contribution in [-0.4, -0.2) is 39.5 Å². The van der Waals surface area contributed by atoms with Crippen molar-refractivity contribution in [1.29, 1.82) is 0 Å². The normalized spacial score (nSPS) is 14.0. The molecule has 0 aliphatic carbocycles. The lowest BCUT2D eigenvalue weighted by Crippen LogP contribution is -2.31. The Bertz CT molecular complexity index is 1060. The molecule has 2 aromatic carbocycles. The second kappa shape index (κ2) is 9.47.